The molecule has 4 rings (SSSR count). The van der Waals surface area contributed by atoms with Crippen molar-refractivity contribution in [3.8, 4) is 0 Å². The van der Waals surface area contributed by atoms with Gasteiger partial charge in [-0.25, -0.2) is 0 Å². The summed E-state index contributed by atoms with van der Waals surface area (Å²) >= 11 is 0. The summed E-state index contributed by atoms with van der Waals surface area (Å²) in [6.45, 7) is 43.1. The van der Waals surface area contributed by atoms with Crippen molar-refractivity contribution in [1.29, 1.82) is 1.28 Å². The van der Waals surface area contributed by atoms with E-state index in [1.807, 2.05) is 34.4 Å². The number of hydrogen-bond donors (Lipinski definition) is 3. The molecule has 0 bridgehead atoms. The highest BCUT2D eigenvalue weighted by molar-refractivity contribution is 7.15. The summed E-state index contributed by atoms with van der Waals surface area (Å²) in [5.74, 6) is 2.46. The second-order valence-corrected chi connectivity index (χ2v) is 36.1. The van der Waals surface area contributed by atoms with E-state index in [1.165, 1.54) is 64.2 Å². The van der Waals surface area contributed by atoms with Crippen LogP contribution in [0.1, 0.15) is 213 Å². The maximum Gasteiger partial charge on any atom is 0.192 e. The fourth-order valence-corrected chi connectivity index (χ4v) is 15.9. The molecular weight excluding hydrogens is 820 g/mol. The summed E-state index contributed by atoms with van der Waals surface area (Å²) in [6.07, 6.45) is 21.7. The Morgan fingerprint density at radius 3 is 1.31 bits per heavy atom. The van der Waals surface area contributed by atoms with Gasteiger partial charge in [0.05, 0.1) is 12.5 Å². The highest BCUT2D eigenvalue weighted by Gasteiger charge is 2.59. The summed E-state index contributed by atoms with van der Waals surface area (Å²) < 4.78 is 20.3. The molecule has 0 spiro atoms. The number of aliphatic hydroxyl groups excluding tert-OH is 1. The summed E-state index contributed by atoms with van der Waals surface area (Å²) in [4.78, 5) is 11.7. The molecule has 4 aliphatic carbocycles. The summed E-state index contributed by atoms with van der Waals surface area (Å²) in [5, 5.41) is 30.8. The van der Waals surface area contributed by atoms with E-state index < -0.39 is 27.8 Å². The smallest absolute Gasteiger partial charge is 0.192 e. The standard InChI is InChI=1S/C26H52O3Si.C26H50O3Si.CH5P/c2*1-23(2,3)30(8,9)29-21-12-10-17-26(7)20(21)13-14-22(26)25(6,18-19-27)16-11-15-24(4,5)28;1-2/h20-22,27-28H,10-19H2,1-9H3;19-22,28H,10-18H2,1-9H3;2H2,1H3/t2*20?,21-,22+,25+,26-;/m00./s1/i;;2D. The zero-order valence-corrected chi connectivity index (χ0v) is 47.5. The van der Waals surface area contributed by atoms with Crippen LogP contribution >= 0.6 is 9.18 Å². The van der Waals surface area contributed by atoms with Crippen molar-refractivity contribution in [3.05, 3.63) is 0 Å². The van der Waals surface area contributed by atoms with Crippen molar-refractivity contribution in [2.45, 2.75) is 272 Å². The third-order valence-electron chi connectivity index (χ3n) is 18.6. The molecule has 0 aliphatic heterocycles. The van der Waals surface area contributed by atoms with Crippen molar-refractivity contribution < 1.29 is 29.0 Å². The van der Waals surface area contributed by atoms with Gasteiger partial charge in [-0.1, -0.05) is 102 Å². The fraction of sp³-hybridized carbons (Fsp3) is 0.981. The molecule has 0 amide bonds. The lowest BCUT2D eigenvalue weighted by Crippen LogP contribution is -2.51. The first-order valence-corrected chi connectivity index (χ1v) is 32.3. The molecule has 4 fully saturated rings. The number of carbonyl (C=O) groups excluding carboxylic acids is 1. The monoisotopic (exact) mass is 928 g/mol. The van der Waals surface area contributed by atoms with E-state index in [4.69, 9.17) is 10.1 Å². The van der Waals surface area contributed by atoms with Gasteiger partial charge in [0.1, 0.15) is 6.29 Å². The highest BCUT2D eigenvalue weighted by atomic mass is 31.0. The average Bonchev–Trinajstić information content (AvgIpc) is 3.65. The number of rotatable bonds is 18. The largest absolute Gasteiger partial charge is 0.414 e. The summed E-state index contributed by atoms with van der Waals surface area (Å²) in [6, 6.07) is 0. The Morgan fingerprint density at radius 1 is 0.629 bits per heavy atom. The molecule has 0 aromatic carbocycles. The topological polar surface area (TPSA) is 96.2 Å². The molecule has 4 saturated carbocycles. The van der Waals surface area contributed by atoms with Gasteiger partial charge in [-0.2, -0.15) is 0 Å². The first-order chi connectivity index (χ1) is 28.5. The quantitative estimate of drug-likeness (QED) is 0.0720. The SMILES string of the molecule is CC(C)(O)CCC[C@](C)(CC=O)[C@H]1CCC2[C@@H](O[Si](C)(C)C(C)(C)C)CCC[C@@]21C.CC(C)(O)CCC[C@](C)(CCO)[C@H]1CCC2[C@@H](O[Si](C)(C)C(C)(C)C)CCC[C@@]21C.[2H]PC. The first-order valence-electron chi connectivity index (χ1n) is 26.0. The van der Waals surface area contributed by atoms with Gasteiger partial charge in [-0.05, 0) is 193 Å². The van der Waals surface area contributed by atoms with Crippen LogP contribution in [0.4, 0.5) is 0 Å². The molecule has 0 aromatic heterocycles. The van der Waals surface area contributed by atoms with Crippen LogP contribution in [0.15, 0.2) is 0 Å². The van der Waals surface area contributed by atoms with Gasteiger partial charge in [0.25, 0.3) is 0 Å². The molecule has 6 nitrogen and oxygen atoms in total. The normalized spacial score (nSPS) is 32.1. The van der Waals surface area contributed by atoms with Crippen LogP contribution in [0.25, 0.3) is 0 Å². The minimum absolute atomic E-state index is 0.0232. The highest BCUT2D eigenvalue weighted by Crippen LogP contribution is 2.65. The van der Waals surface area contributed by atoms with Crippen LogP contribution in [0.2, 0.25) is 36.3 Å². The second kappa shape index (κ2) is 22.2. The third kappa shape index (κ3) is 14.7. The Kier molecular flexibility index (Phi) is 20.3. The molecule has 0 saturated heterocycles. The van der Waals surface area contributed by atoms with Gasteiger partial charge in [-0.15, -0.1) is 9.18 Å². The van der Waals surface area contributed by atoms with E-state index in [2.05, 4.69) is 95.4 Å². The molecule has 368 valence electrons. The van der Waals surface area contributed by atoms with E-state index >= 15 is 0 Å². The first kappa shape index (κ1) is 56.7. The zero-order valence-electron chi connectivity index (χ0n) is 45.5. The van der Waals surface area contributed by atoms with Gasteiger partial charge in [-0.3, -0.25) is 0 Å². The van der Waals surface area contributed by atoms with Crippen molar-refractivity contribution in [3.63, 3.8) is 0 Å². The van der Waals surface area contributed by atoms with Crippen molar-refractivity contribution in [2.24, 2.45) is 45.3 Å². The Balaban J connectivity index is 0.000000408. The molecule has 0 aromatic rings. The Morgan fingerprint density at radius 2 is 0.984 bits per heavy atom. The zero-order chi connectivity index (χ0) is 48.7. The maximum atomic E-state index is 11.7. The predicted molar refractivity (Wildman–Crippen MR) is 275 cm³/mol. The van der Waals surface area contributed by atoms with Gasteiger partial charge < -0.3 is 29.0 Å². The van der Waals surface area contributed by atoms with Crippen LogP contribution in [-0.4, -0.2) is 76.2 Å². The van der Waals surface area contributed by atoms with Crippen molar-refractivity contribution in [2.75, 3.05) is 13.3 Å². The number of carbonyl (C=O) groups is 1. The van der Waals surface area contributed by atoms with Crippen LogP contribution in [-0.2, 0) is 13.6 Å². The van der Waals surface area contributed by atoms with Gasteiger partial charge >= 0.3 is 0 Å². The van der Waals surface area contributed by atoms with E-state index in [9.17, 15) is 20.1 Å². The van der Waals surface area contributed by atoms with Gasteiger partial charge in [0, 0.05) is 25.2 Å². The molecule has 62 heavy (non-hydrogen) atoms. The van der Waals surface area contributed by atoms with Crippen LogP contribution in [0.5, 0.6) is 0 Å². The summed E-state index contributed by atoms with van der Waals surface area (Å²) in [7, 11) is -3.24. The minimum atomic E-state index is -1.79. The molecule has 3 unspecified atom stereocenters. The van der Waals surface area contributed by atoms with Crippen LogP contribution in [0, 0.1) is 45.3 Å². The van der Waals surface area contributed by atoms with Crippen LogP contribution in [0.3, 0.4) is 0 Å². The molecule has 3 N–H and O–H groups in total. The molecule has 11 atom stereocenters. The molecule has 4 aliphatic rings. The fourth-order valence-electron chi connectivity index (χ4n) is 13.1. The third-order valence-corrected chi connectivity index (χ3v) is 27.6. The molecular formula is C53H107O6PSi2. The molecule has 9 heteroatoms. The van der Waals surface area contributed by atoms with E-state index in [0.29, 0.717) is 56.9 Å². The number of aldehydes is 1. The lowest BCUT2D eigenvalue weighted by molar-refractivity contribution is -0.112. The molecule has 0 radical (unpaired) electrons. The number of hydrogen-bond acceptors (Lipinski definition) is 6. The van der Waals surface area contributed by atoms with Gasteiger partial charge in [0.15, 0.2) is 16.6 Å². The van der Waals surface area contributed by atoms with Gasteiger partial charge in [0.2, 0.25) is 0 Å². The van der Waals surface area contributed by atoms with Crippen molar-refractivity contribution >= 4 is 32.1 Å². The number of aliphatic hydroxyl groups is 3. The maximum absolute atomic E-state index is 11.7. The Hall–Kier alpha value is 0.334. The number of fused-ring (bicyclic) bond motifs is 2. The van der Waals surface area contributed by atoms with E-state index in [0.717, 1.165) is 51.2 Å². The lowest BCUT2D eigenvalue weighted by atomic mass is 9.56. The minimum Gasteiger partial charge on any atom is -0.414 e. The van der Waals surface area contributed by atoms with Crippen molar-refractivity contribution in [1.82, 2.24) is 0 Å². The lowest BCUT2D eigenvalue weighted by Gasteiger charge is -2.52. The van der Waals surface area contributed by atoms with Crippen LogP contribution < -0.4 is 0 Å². The predicted octanol–water partition coefficient (Wildman–Crippen LogP) is 14.5. The Bertz CT molecular complexity index is 1380. The van der Waals surface area contributed by atoms with E-state index in [-0.39, 0.29) is 32.9 Å². The Labute approximate surface area is 391 Å². The second-order valence-electron chi connectivity index (χ2n) is 26.6. The van der Waals surface area contributed by atoms with E-state index in [1.54, 1.807) is 0 Å². The molecule has 0 heterocycles. The average molecular weight is 929 g/mol. The summed E-state index contributed by atoms with van der Waals surface area (Å²) in [5.41, 5.74) is -0.494.